The molecule has 1 saturated heterocycles. The van der Waals surface area contributed by atoms with Gasteiger partial charge in [0.05, 0.1) is 0 Å². The van der Waals surface area contributed by atoms with Crippen molar-refractivity contribution in [2.24, 2.45) is 0 Å². The Kier molecular flexibility index (Phi) is 3.25. The molecule has 2 amide bonds. The summed E-state index contributed by atoms with van der Waals surface area (Å²) < 4.78 is 0. The summed E-state index contributed by atoms with van der Waals surface area (Å²) in [6.45, 7) is 2.37. The second-order valence-electron chi connectivity index (χ2n) is 3.07. The van der Waals surface area contributed by atoms with Crippen LogP contribution in [0.4, 0.5) is 0 Å². The smallest absolute Gasteiger partial charge is 0.266 e. The Balaban J connectivity index is 2.63. The lowest BCUT2D eigenvalue weighted by atomic mass is 10.2. The van der Waals surface area contributed by atoms with E-state index in [1.165, 1.54) is 4.90 Å². The SMILES string of the molecule is CCC(=O)N1CCC[C@@H]1C(=O)NO. The molecule has 13 heavy (non-hydrogen) atoms. The van der Waals surface area contributed by atoms with Gasteiger partial charge >= 0.3 is 0 Å². The van der Waals surface area contributed by atoms with E-state index >= 15 is 0 Å². The van der Waals surface area contributed by atoms with E-state index in [9.17, 15) is 9.59 Å². The van der Waals surface area contributed by atoms with Gasteiger partial charge in [-0.15, -0.1) is 0 Å². The number of hydroxylamine groups is 1. The van der Waals surface area contributed by atoms with Gasteiger partial charge < -0.3 is 4.90 Å². The molecule has 1 aliphatic heterocycles. The minimum Gasteiger partial charge on any atom is -0.331 e. The predicted molar refractivity (Wildman–Crippen MR) is 45.0 cm³/mol. The van der Waals surface area contributed by atoms with Crippen molar-refractivity contribution in [2.75, 3.05) is 6.54 Å². The predicted octanol–water partition coefficient (Wildman–Crippen LogP) is -0.107. The average Bonchev–Trinajstić information content (AvgIpc) is 2.63. The highest BCUT2D eigenvalue weighted by atomic mass is 16.5. The Morgan fingerprint density at radius 1 is 1.62 bits per heavy atom. The number of hydrogen-bond acceptors (Lipinski definition) is 3. The van der Waals surface area contributed by atoms with Crippen LogP contribution in [0.15, 0.2) is 0 Å². The third kappa shape index (κ3) is 1.98. The average molecular weight is 186 g/mol. The number of carbonyl (C=O) groups excluding carboxylic acids is 2. The van der Waals surface area contributed by atoms with E-state index < -0.39 is 11.9 Å². The van der Waals surface area contributed by atoms with Gasteiger partial charge in [0.1, 0.15) is 6.04 Å². The Bertz CT molecular complexity index is 195. The molecule has 2 N–H and O–H groups in total. The lowest BCUT2D eigenvalue weighted by Crippen LogP contribution is -2.44. The monoisotopic (exact) mass is 186 g/mol. The van der Waals surface area contributed by atoms with Gasteiger partial charge in [-0.2, -0.15) is 0 Å². The van der Waals surface area contributed by atoms with Crippen molar-refractivity contribution in [3.63, 3.8) is 0 Å². The first kappa shape index (κ1) is 9.98. The molecule has 5 heteroatoms. The van der Waals surface area contributed by atoms with Crippen molar-refractivity contribution in [2.45, 2.75) is 32.2 Å². The van der Waals surface area contributed by atoms with E-state index in [0.29, 0.717) is 19.4 Å². The molecule has 1 heterocycles. The van der Waals surface area contributed by atoms with Gasteiger partial charge in [-0.3, -0.25) is 14.8 Å². The maximum atomic E-state index is 11.3. The molecular weight excluding hydrogens is 172 g/mol. The Hall–Kier alpha value is -1.10. The Labute approximate surface area is 76.7 Å². The Morgan fingerprint density at radius 2 is 2.31 bits per heavy atom. The van der Waals surface area contributed by atoms with E-state index in [2.05, 4.69) is 0 Å². The van der Waals surface area contributed by atoms with E-state index in [0.717, 1.165) is 6.42 Å². The number of nitrogens with one attached hydrogen (secondary N) is 1. The summed E-state index contributed by atoms with van der Waals surface area (Å²) >= 11 is 0. The van der Waals surface area contributed by atoms with Crippen molar-refractivity contribution < 1.29 is 14.8 Å². The summed E-state index contributed by atoms with van der Waals surface area (Å²) in [4.78, 5) is 23.9. The van der Waals surface area contributed by atoms with E-state index in [1.807, 2.05) is 0 Å². The van der Waals surface area contributed by atoms with Crippen molar-refractivity contribution in [3.8, 4) is 0 Å². The van der Waals surface area contributed by atoms with Crippen LogP contribution in [-0.4, -0.2) is 34.5 Å². The molecule has 0 radical (unpaired) electrons. The fourth-order valence-corrected chi connectivity index (χ4v) is 1.62. The molecule has 0 aromatic rings. The van der Waals surface area contributed by atoms with Crippen molar-refractivity contribution in [3.05, 3.63) is 0 Å². The maximum Gasteiger partial charge on any atom is 0.266 e. The van der Waals surface area contributed by atoms with Gasteiger partial charge in [0.2, 0.25) is 5.91 Å². The molecule has 1 aliphatic rings. The van der Waals surface area contributed by atoms with Crippen LogP contribution in [0.5, 0.6) is 0 Å². The minimum atomic E-state index is -0.487. The van der Waals surface area contributed by atoms with Crippen LogP contribution in [0.1, 0.15) is 26.2 Å². The van der Waals surface area contributed by atoms with E-state index in [4.69, 9.17) is 5.21 Å². The lowest BCUT2D eigenvalue weighted by Gasteiger charge is -2.22. The van der Waals surface area contributed by atoms with E-state index in [1.54, 1.807) is 12.4 Å². The first-order chi connectivity index (χ1) is 6.20. The summed E-state index contributed by atoms with van der Waals surface area (Å²) in [5, 5.41) is 8.43. The number of likely N-dealkylation sites (tertiary alicyclic amines) is 1. The molecular formula is C8H14N2O3. The third-order valence-electron chi connectivity index (χ3n) is 2.29. The second kappa shape index (κ2) is 4.23. The minimum absolute atomic E-state index is 0.0360. The highest BCUT2D eigenvalue weighted by Gasteiger charge is 2.32. The number of amides is 2. The summed E-state index contributed by atoms with van der Waals surface area (Å²) in [5.41, 5.74) is 1.58. The van der Waals surface area contributed by atoms with E-state index in [-0.39, 0.29) is 5.91 Å². The number of nitrogens with zero attached hydrogens (tertiary/aromatic N) is 1. The summed E-state index contributed by atoms with van der Waals surface area (Å²) in [6, 6.07) is -0.475. The van der Waals surface area contributed by atoms with Crippen LogP contribution >= 0.6 is 0 Å². The molecule has 5 nitrogen and oxygen atoms in total. The van der Waals surface area contributed by atoms with Crippen LogP contribution < -0.4 is 5.48 Å². The molecule has 0 spiro atoms. The van der Waals surface area contributed by atoms with Crippen LogP contribution in [0.3, 0.4) is 0 Å². The lowest BCUT2D eigenvalue weighted by molar-refractivity contribution is -0.142. The molecule has 1 fully saturated rings. The summed E-state index contributed by atoms with van der Waals surface area (Å²) in [5.74, 6) is -0.523. The van der Waals surface area contributed by atoms with Gasteiger partial charge in [0, 0.05) is 13.0 Å². The molecule has 1 rings (SSSR count). The van der Waals surface area contributed by atoms with Crippen molar-refractivity contribution >= 4 is 11.8 Å². The van der Waals surface area contributed by atoms with Crippen LogP contribution in [-0.2, 0) is 9.59 Å². The zero-order valence-corrected chi connectivity index (χ0v) is 7.62. The first-order valence-electron chi connectivity index (χ1n) is 4.44. The van der Waals surface area contributed by atoms with Crippen LogP contribution in [0.25, 0.3) is 0 Å². The van der Waals surface area contributed by atoms with Gasteiger partial charge in [-0.1, -0.05) is 6.92 Å². The quantitative estimate of drug-likeness (QED) is 0.467. The summed E-state index contributed by atoms with van der Waals surface area (Å²) in [6.07, 6.45) is 1.86. The van der Waals surface area contributed by atoms with Gasteiger partial charge in [-0.25, -0.2) is 5.48 Å². The third-order valence-corrected chi connectivity index (χ3v) is 2.29. The highest BCUT2D eigenvalue weighted by Crippen LogP contribution is 2.17. The van der Waals surface area contributed by atoms with Crippen molar-refractivity contribution in [1.82, 2.24) is 10.4 Å². The van der Waals surface area contributed by atoms with Gasteiger partial charge in [-0.05, 0) is 12.8 Å². The number of rotatable bonds is 2. The Morgan fingerprint density at radius 3 is 2.85 bits per heavy atom. The summed E-state index contributed by atoms with van der Waals surface area (Å²) in [7, 11) is 0. The molecule has 0 saturated carbocycles. The van der Waals surface area contributed by atoms with Gasteiger partial charge in [0.25, 0.3) is 5.91 Å². The molecule has 0 unspecified atom stereocenters. The standard InChI is InChI=1S/C8H14N2O3/c1-2-7(11)10-5-3-4-6(10)8(12)9-13/h6,13H,2-5H2,1H3,(H,9,12)/t6-/m1/s1. The van der Waals surface area contributed by atoms with Crippen molar-refractivity contribution in [1.29, 1.82) is 0 Å². The molecule has 0 aromatic carbocycles. The highest BCUT2D eigenvalue weighted by molar-refractivity contribution is 5.87. The maximum absolute atomic E-state index is 11.3. The van der Waals surface area contributed by atoms with Crippen LogP contribution in [0.2, 0.25) is 0 Å². The second-order valence-corrected chi connectivity index (χ2v) is 3.07. The van der Waals surface area contributed by atoms with Crippen LogP contribution in [0, 0.1) is 0 Å². The molecule has 0 aromatic heterocycles. The first-order valence-corrected chi connectivity index (χ1v) is 4.44. The molecule has 0 bridgehead atoms. The normalized spacial score (nSPS) is 21.7. The fourth-order valence-electron chi connectivity index (χ4n) is 1.62. The molecule has 74 valence electrons. The number of carbonyl (C=O) groups is 2. The topological polar surface area (TPSA) is 69.6 Å². The fraction of sp³-hybridized carbons (Fsp3) is 0.750. The zero-order chi connectivity index (χ0) is 9.84. The van der Waals surface area contributed by atoms with Gasteiger partial charge in [0.15, 0.2) is 0 Å². The largest absolute Gasteiger partial charge is 0.331 e. The number of hydrogen-bond donors (Lipinski definition) is 2. The zero-order valence-electron chi connectivity index (χ0n) is 7.62. The molecule has 0 aliphatic carbocycles. The molecule has 1 atom stereocenters.